The number of hydrogen-bond acceptors (Lipinski definition) is 1. The fraction of sp³-hybridized carbons (Fsp3) is 1.00. The molecule has 0 spiro atoms. The molecule has 7 atom stereocenters. The van der Waals surface area contributed by atoms with E-state index in [1.807, 2.05) is 0 Å². The summed E-state index contributed by atoms with van der Waals surface area (Å²) >= 11 is 0. The Balaban J connectivity index is 2.89. The minimum atomic E-state index is -0.0675. The molecule has 0 saturated heterocycles. The minimum absolute atomic E-state index is 0.0675. The van der Waals surface area contributed by atoms with Crippen molar-refractivity contribution in [1.82, 2.24) is 0 Å². The first-order valence-electron chi connectivity index (χ1n) is 14.2. The number of hydrogen-bond donors (Lipinski definition) is 1. The third kappa shape index (κ3) is 9.62. The fourth-order valence-electron chi connectivity index (χ4n) is 6.86. The van der Waals surface area contributed by atoms with Crippen LogP contribution in [0.2, 0.25) is 0 Å². The van der Waals surface area contributed by atoms with Gasteiger partial charge in [0.2, 0.25) is 0 Å². The van der Waals surface area contributed by atoms with E-state index in [9.17, 15) is 5.11 Å². The molecule has 1 heteroatoms. The van der Waals surface area contributed by atoms with E-state index >= 15 is 0 Å². The molecule has 180 valence electrons. The van der Waals surface area contributed by atoms with Crippen LogP contribution in [-0.4, -0.2) is 11.2 Å². The van der Waals surface area contributed by atoms with Gasteiger partial charge in [0.25, 0.3) is 0 Å². The first-order valence-corrected chi connectivity index (χ1v) is 14.2. The Bertz CT molecular complexity index is 392. The number of aliphatic hydroxyl groups is 1. The van der Waals surface area contributed by atoms with Crippen molar-refractivity contribution in [2.45, 2.75) is 150 Å². The van der Waals surface area contributed by atoms with Crippen LogP contribution in [0, 0.1) is 35.5 Å². The van der Waals surface area contributed by atoms with Gasteiger partial charge in [-0.15, -0.1) is 0 Å². The zero-order valence-electron chi connectivity index (χ0n) is 21.8. The molecule has 1 rings (SSSR count). The summed E-state index contributed by atoms with van der Waals surface area (Å²) in [5.41, 5.74) is 0. The van der Waals surface area contributed by atoms with Crippen LogP contribution < -0.4 is 0 Å². The molecule has 1 aliphatic carbocycles. The Hall–Kier alpha value is -0.0400. The lowest BCUT2D eigenvalue weighted by molar-refractivity contribution is 0.0162. The normalized spacial score (nSPS) is 27.7. The largest absolute Gasteiger partial charge is 0.393 e. The monoisotopic (exact) mass is 422 g/mol. The summed E-state index contributed by atoms with van der Waals surface area (Å²) in [5, 5.41) is 10.8. The predicted octanol–water partition coefficient (Wildman–Crippen LogP) is 9.42. The van der Waals surface area contributed by atoms with E-state index < -0.39 is 0 Å². The average molecular weight is 423 g/mol. The Labute approximate surface area is 191 Å². The van der Waals surface area contributed by atoms with E-state index in [-0.39, 0.29) is 6.10 Å². The number of unbranched alkanes of at least 4 members (excludes halogenated alkanes) is 4. The summed E-state index contributed by atoms with van der Waals surface area (Å²) in [7, 11) is 0. The third-order valence-electron chi connectivity index (χ3n) is 8.50. The molecule has 0 bridgehead atoms. The maximum atomic E-state index is 10.8. The highest BCUT2D eigenvalue weighted by Gasteiger charge is 2.40. The van der Waals surface area contributed by atoms with E-state index in [0.29, 0.717) is 0 Å². The van der Waals surface area contributed by atoms with Crippen LogP contribution >= 0.6 is 0 Å². The summed E-state index contributed by atoms with van der Waals surface area (Å²) in [6, 6.07) is 0. The predicted molar refractivity (Wildman–Crippen MR) is 135 cm³/mol. The molecule has 1 saturated carbocycles. The first-order chi connectivity index (χ1) is 14.5. The minimum Gasteiger partial charge on any atom is -0.393 e. The average Bonchev–Trinajstić information content (AvgIpc) is 2.73. The summed E-state index contributed by atoms with van der Waals surface area (Å²) in [6.07, 6.45) is 20.9. The topological polar surface area (TPSA) is 20.2 Å². The maximum Gasteiger partial charge on any atom is 0.0543 e. The lowest BCUT2D eigenvalue weighted by Crippen LogP contribution is -2.39. The van der Waals surface area contributed by atoms with Gasteiger partial charge in [0, 0.05) is 0 Å². The lowest BCUT2D eigenvalue weighted by atomic mass is 9.58. The van der Waals surface area contributed by atoms with E-state index in [1.165, 1.54) is 89.9 Å². The van der Waals surface area contributed by atoms with Gasteiger partial charge in [-0.05, 0) is 61.2 Å². The van der Waals surface area contributed by atoms with Crippen LogP contribution in [-0.2, 0) is 0 Å². The van der Waals surface area contributed by atoms with E-state index in [2.05, 4.69) is 41.5 Å². The molecule has 0 radical (unpaired) electrons. The Morgan fingerprint density at radius 2 is 1.43 bits per heavy atom. The van der Waals surface area contributed by atoms with Crippen LogP contribution in [0.1, 0.15) is 144 Å². The van der Waals surface area contributed by atoms with Crippen LogP contribution in [0.15, 0.2) is 0 Å². The van der Waals surface area contributed by atoms with Crippen LogP contribution in [0.4, 0.5) is 0 Å². The van der Waals surface area contributed by atoms with Gasteiger partial charge in [-0.1, -0.05) is 119 Å². The Morgan fingerprint density at radius 3 is 2.00 bits per heavy atom. The van der Waals surface area contributed by atoms with Gasteiger partial charge in [0.15, 0.2) is 0 Å². The molecule has 1 N–H and O–H groups in total. The van der Waals surface area contributed by atoms with E-state index in [1.54, 1.807) is 0 Å². The van der Waals surface area contributed by atoms with Gasteiger partial charge < -0.3 is 5.11 Å². The molecule has 0 aromatic heterocycles. The van der Waals surface area contributed by atoms with E-state index in [0.717, 1.165) is 48.3 Å². The van der Waals surface area contributed by atoms with Crippen molar-refractivity contribution in [2.24, 2.45) is 35.5 Å². The molecular formula is C29H58O. The molecular weight excluding hydrogens is 364 g/mol. The van der Waals surface area contributed by atoms with Gasteiger partial charge in [0.05, 0.1) is 6.10 Å². The molecule has 30 heavy (non-hydrogen) atoms. The molecule has 1 aliphatic rings. The van der Waals surface area contributed by atoms with Crippen molar-refractivity contribution in [2.75, 3.05) is 0 Å². The molecule has 0 aromatic carbocycles. The standard InChI is InChI=1S/C29H58O/c1-7-12-14-18-23(6)29-22-26(20-25(17-10-4)28(29)11-5)24(16-9-3)21-27(30)19-15-13-8-2/h23-30H,7-22H2,1-6H3/t23-,24?,25?,26?,27?,28?,29?/m0/s1. The highest BCUT2D eigenvalue weighted by atomic mass is 16.3. The molecule has 0 amide bonds. The quantitative estimate of drug-likeness (QED) is 0.231. The first kappa shape index (κ1) is 28.0. The van der Waals surface area contributed by atoms with Crippen LogP contribution in [0.25, 0.3) is 0 Å². The van der Waals surface area contributed by atoms with Gasteiger partial charge in [-0.2, -0.15) is 0 Å². The fourth-order valence-corrected chi connectivity index (χ4v) is 6.86. The molecule has 0 aromatic rings. The SMILES string of the molecule is CCCCCC(O)CC(CCC)C1CC(CCC)C(CC)C([C@@H](C)CCCCC)C1. The van der Waals surface area contributed by atoms with Crippen molar-refractivity contribution in [3.8, 4) is 0 Å². The number of aliphatic hydroxyl groups excluding tert-OH is 1. The van der Waals surface area contributed by atoms with Crippen molar-refractivity contribution < 1.29 is 5.11 Å². The van der Waals surface area contributed by atoms with Gasteiger partial charge in [-0.25, -0.2) is 0 Å². The second-order valence-electron chi connectivity index (χ2n) is 10.9. The van der Waals surface area contributed by atoms with Gasteiger partial charge in [-0.3, -0.25) is 0 Å². The summed E-state index contributed by atoms with van der Waals surface area (Å²) in [5.74, 6) is 5.25. The lowest BCUT2D eigenvalue weighted by Gasteiger charge is -2.47. The molecule has 6 unspecified atom stereocenters. The van der Waals surface area contributed by atoms with Gasteiger partial charge >= 0.3 is 0 Å². The highest BCUT2D eigenvalue weighted by molar-refractivity contribution is 4.90. The zero-order valence-corrected chi connectivity index (χ0v) is 21.8. The number of rotatable bonds is 17. The molecule has 1 fully saturated rings. The Kier molecular flexibility index (Phi) is 15.5. The molecule has 0 aliphatic heterocycles. The van der Waals surface area contributed by atoms with Crippen molar-refractivity contribution >= 4 is 0 Å². The van der Waals surface area contributed by atoms with Crippen molar-refractivity contribution in [3.63, 3.8) is 0 Å². The second-order valence-corrected chi connectivity index (χ2v) is 10.9. The van der Waals surface area contributed by atoms with Crippen LogP contribution in [0.5, 0.6) is 0 Å². The van der Waals surface area contributed by atoms with Gasteiger partial charge in [0.1, 0.15) is 0 Å². The van der Waals surface area contributed by atoms with Crippen molar-refractivity contribution in [1.29, 1.82) is 0 Å². The second kappa shape index (κ2) is 16.6. The smallest absolute Gasteiger partial charge is 0.0543 e. The summed E-state index contributed by atoms with van der Waals surface area (Å²) in [6.45, 7) is 14.4. The van der Waals surface area contributed by atoms with Crippen LogP contribution in [0.3, 0.4) is 0 Å². The third-order valence-corrected chi connectivity index (χ3v) is 8.50. The maximum absolute atomic E-state index is 10.8. The molecule has 1 nitrogen and oxygen atoms in total. The summed E-state index contributed by atoms with van der Waals surface area (Å²) in [4.78, 5) is 0. The summed E-state index contributed by atoms with van der Waals surface area (Å²) < 4.78 is 0. The van der Waals surface area contributed by atoms with Crippen molar-refractivity contribution in [3.05, 3.63) is 0 Å². The Morgan fingerprint density at radius 1 is 0.767 bits per heavy atom. The highest BCUT2D eigenvalue weighted by Crippen LogP contribution is 2.49. The zero-order chi connectivity index (χ0) is 22.4. The van der Waals surface area contributed by atoms with E-state index in [4.69, 9.17) is 0 Å². The molecule has 0 heterocycles.